The molecule has 3 aromatic heterocycles. The van der Waals surface area contributed by atoms with Crippen LogP contribution in [0.25, 0.3) is 10.9 Å². The lowest BCUT2D eigenvalue weighted by atomic mass is 9.96. The Hall–Kier alpha value is -16.7. The number of nitrogens with two attached hydrogens (primary N) is 4. The van der Waals surface area contributed by atoms with Gasteiger partial charge in [0.05, 0.1) is 31.1 Å². The van der Waals surface area contributed by atoms with E-state index in [-0.39, 0.29) is 108 Å². The lowest BCUT2D eigenvalue weighted by Gasteiger charge is -2.31. The lowest BCUT2D eigenvalue weighted by Crippen LogP contribution is -2.64. The van der Waals surface area contributed by atoms with Crippen molar-refractivity contribution in [3.63, 3.8) is 0 Å². The van der Waals surface area contributed by atoms with Crippen LogP contribution in [0.2, 0.25) is 0 Å². The molecular weight excluding hydrogens is 1960 g/mol. The zero-order chi connectivity index (χ0) is 109. The summed E-state index contributed by atoms with van der Waals surface area (Å²) in [6.07, 6.45) is 2.38. The smallest absolute Gasteiger partial charge is 0.245 e. The number of aliphatic hydroxyl groups is 1. The number of para-hydroxylation sites is 1. The van der Waals surface area contributed by atoms with E-state index in [4.69, 9.17) is 39.2 Å². The third-order valence-corrected chi connectivity index (χ3v) is 25.9. The summed E-state index contributed by atoms with van der Waals surface area (Å²) >= 11 is 0.746. The number of thioether (sulfide) groups is 1. The highest BCUT2D eigenvalue weighted by Gasteiger charge is 2.42. The van der Waals surface area contributed by atoms with E-state index in [0.29, 0.717) is 50.1 Å². The van der Waals surface area contributed by atoms with Crippen LogP contribution in [0.1, 0.15) is 119 Å². The molecule has 0 spiro atoms. The van der Waals surface area contributed by atoms with Gasteiger partial charge in [-0.15, -0.1) is 11.8 Å². The minimum atomic E-state index is -2.06. The molecule has 33 N–H and O–H groups in total. The lowest BCUT2D eigenvalue weighted by molar-refractivity contribution is -0.138. The molecule has 49 nitrogen and oxygen atoms in total. The van der Waals surface area contributed by atoms with Gasteiger partial charge in [0.2, 0.25) is 94.5 Å². The highest BCUT2D eigenvalue weighted by molar-refractivity contribution is 8.00. The molecule has 0 saturated carbocycles. The number of rotatable bonds is 32. The second-order valence-electron chi connectivity index (χ2n) is 37.1. The van der Waals surface area contributed by atoms with Gasteiger partial charge in [-0.2, -0.15) is 0 Å². The molecule has 0 radical (unpaired) electrons. The molecule has 9 rings (SSSR count). The minimum Gasteiger partial charge on any atom is -0.508 e. The first-order valence-corrected chi connectivity index (χ1v) is 50.0. The van der Waals surface area contributed by atoms with Crippen LogP contribution in [0.5, 0.6) is 11.5 Å². The Morgan fingerprint density at radius 1 is 0.440 bits per heavy atom. The van der Waals surface area contributed by atoms with Crippen molar-refractivity contribution in [2.75, 3.05) is 37.7 Å². The molecule has 0 aliphatic carbocycles. The van der Waals surface area contributed by atoms with Crippen LogP contribution < -0.4 is 119 Å². The zero-order valence-corrected chi connectivity index (χ0v) is 85.1. The van der Waals surface area contributed by atoms with E-state index in [9.17, 15) is 34.5 Å². The van der Waals surface area contributed by atoms with Gasteiger partial charge in [-0.3, -0.25) is 92.9 Å². The fourth-order valence-electron chi connectivity index (χ4n) is 16.2. The number of amides is 16. The summed E-state index contributed by atoms with van der Waals surface area (Å²) in [5.74, 6) is -20.0. The Labute approximate surface area is 869 Å². The predicted octanol–water partition coefficient (Wildman–Crippen LogP) is -4.19. The average Bonchev–Trinajstić information content (AvgIpc) is 1.76. The second kappa shape index (κ2) is 57.4. The largest absolute Gasteiger partial charge is 0.508 e. The van der Waals surface area contributed by atoms with Gasteiger partial charge >= 0.3 is 0 Å². The maximum atomic E-state index is 15.8. The van der Waals surface area contributed by atoms with Gasteiger partial charge < -0.3 is 148 Å². The van der Waals surface area contributed by atoms with Gasteiger partial charge in [0.25, 0.3) is 0 Å². The first-order valence-electron chi connectivity index (χ1n) is 48.8. The van der Waals surface area contributed by atoms with Gasteiger partial charge in [-0.1, -0.05) is 123 Å². The summed E-state index contributed by atoms with van der Waals surface area (Å²) < 4.78 is 3.08. The van der Waals surface area contributed by atoms with Gasteiger partial charge in [0.15, 0.2) is 17.9 Å². The molecule has 0 bridgehead atoms. The minimum absolute atomic E-state index is 0.00761. The molecule has 13 unspecified atom stereocenters. The SMILES string of the molecule is CC[C@H](C)C1NC(=O)C([C@@H](C)O)NC(=O)C(Cc2cncn2C)NC(=O)C(Cc2ccccc2)NC(=O)CSCC(C(=O)NCC(N)=O)NC(=O)C(Cc2ccc(O)cc2)NC(=O)C(Cc2c[nH]c3ccccc23)NC(=O)C(Cc2ccc(O)cc2)NC(=O)C(Cc2cncn2C)NC(=O)C(Cc2ccccc2)NC(=O)C(C)(C)NC(=O)C(CCCNC(=N)N)NC(=O)C(CCCNC(=N)N)NC(=O)C(CCCNC(=N)N)NC1=O. The number of hydrogen-bond acceptors (Lipinski definition) is 25. The molecule has 150 heavy (non-hydrogen) atoms. The number of benzene rings is 5. The highest BCUT2D eigenvalue weighted by Crippen LogP contribution is 2.24. The number of H-pyrrole nitrogens is 1. The van der Waals surface area contributed by atoms with Gasteiger partial charge in [-0.05, 0) is 123 Å². The van der Waals surface area contributed by atoms with E-state index in [1.54, 1.807) is 124 Å². The Kier molecular flexibility index (Phi) is 44.7. The van der Waals surface area contributed by atoms with Crippen LogP contribution in [0.3, 0.4) is 0 Å². The number of primary amides is 1. The van der Waals surface area contributed by atoms with Gasteiger partial charge in [-0.25, -0.2) is 9.97 Å². The Morgan fingerprint density at radius 3 is 1.22 bits per heavy atom. The molecular formula is C100H136N30O19S. The Bertz CT molecular complexity index is 6030. The van der Waals surface area contributed by atoms with Crippen LogP contribution in [-0.4, -0.2) is 280 Å². The number of nitrogens with one attached hydrogen (secondary N) is 22. The standard InChI is InChI=1S/C100H136N30O19S/c1-8-55(2)81-94(147)118-69(27-18-38-111-98(104)105)85(138)116-68(26-17-37-110-97(102)103)84(137)117-70(28-19-39-112-99(106)107)93(146)128-100(4,5)96(149)125-74(41-58-22-13-10-14-23-58)89(142)122-76(45-62-48-108-53-129(62)6)91(144)120-72(42-59-29-33-64(132)34-30-59)87(140)121-75(44-61-47-113-67-25-16-15-24-66(61)67)90(143)119-73(43-60-31-35-65(133)36-32-60)88(141)124-78(83(136)114-50-79(101)134)51-150-52-80(135)115-71(40-57-20-11-9-12-21-57)86(139)123-77(46-63-49-109-54-130(63)7)92(145)127-82(56(3)131)95(148)126-81/h9-16,20-25,29-36,47-49,53-56,68-78,81-82,113,131-133H,8,17-19,26-28,37-46,50-52H2,1-7H3,(H2,101,134)(H,114,136)(H,115,135)(H,116,138)(H,117,137)(H,118,147)(H,119,143)(H,120,144)(H,121,140)(H,122,142)(H,123,139)(H,124,141)(H,125,149)(H,126,148)(H,127,145)(H,128,146)(H4,102,103,110)(H4,104,105,111)(H4,106,107,112)/t55-,56+,68?,69?,70?,71?,72?,73?,74?,75?,76?,77?,78?,81?,82?/m0/s1. The number of carbonyl (C=O) groups excluding carboxylic acids is 16. The van der Waals surface area contributed by atoms with E-state index >= 15 is 57.5 Å². The maximum absolute atomic E-state index is 15.8. The van der Waals surface area contributed by atoms with Crippen LogP contribution in [0.15, 0.2) is 165 Å². The first-order chi connectivity index (χ1) is 71.4. The van der Waals surface area contributed by atoms with Crippen molar-refractivity contribution in [2.24, 2.45) is 42.9 Å². The quantitative estimate of drug-likeness (QED) is 0.0108. The number of aromatic hydroxyl groups is 2. The number of fused-ring (bicyclic) bond motifs is 1. The van der Waals surface area contributed by atoms with Gasteiger partial charge in [0, 0.05) is 125 Å². The predicted molar refractivity (Wildman–Crippen MR) is 555 cm³/mol. The van der Waals surface area contributed by atoms with Crippen LogP contribution in [0.4, 0.5) is 0 Å². The number of guanidine groups is 3. The molecule has 50 heteroatoms. The average molecular weight is 2090 g/mol. The molecule has 1 saturated heterocycles. The normalized spacial score (nSPS) is 22.0. The van der Waals surface area contributed by atoms with Crippen LogP contribution >= 0.6 is 11.8 Å². The van der Waals surface area contributed by atoms with Crippen molar-refractivity contribution in [1.29, 1.82) is 16.2 Å². The fraction of sp³-hybridized carbons (Fsp3) is 0.430. The molecule has 8 aromatic rings. The number of hydrogen-bond donors (Lipinski definition) is 29. The number of carbonyl (C=O) groups is 16. The van der Waals surface area contributed by atoms with Crippen LogP contribution in [0, 0.1) is 22.1 Å². The molecule has 5 aromatic carbocycles. The number of aromatic nitrogens is 5. The van der Waals surface area contributed by atoms with Crippen molar-refractivity contribution in [3.8, 4) is 11.5 Å². The molecule has 806 valence electrons. The summed E-state index contributed by atoms with van der Waals surface area (Å²) in [7, 11) is 3.20. The highest BCUT2D eigenvalue weighted by atomic mass is 32.2. The van der Waals surface area contributed by atoms with Gasteiger partial charge in [0.1, 0.15) is 95.6 Å². The molecule has 16 amide bonds. The van der Waals surface area contributed by atoms with E-state index < -0.39 is 239 Å². The maximum Gasteiger partial charge on any atom is 0.245 e. The van der Waals surface area contributed by atoms with Crippen molar-refractivity contribution in [2.45, 2.75) is 215 Å². The topological polar surface area (TPSA) is 777 Å². The molecule has 1 fully saturated rings. The summed E-state index contributed by atoms with van der Waals surface area (Å²) in [4.78, 5) is 253. The Morgan fingerprint density at radius 2 is 0.800 bits per heavy atom. The third kappa shape index (κ3) is 37.4. The van der Waals surface area contributed by atoms with Crippen LogP contribution in [-0.2, 0) is 136 Å². The monoisotopic (exact) mass is 2090 g/mol. The van der Waals surface area contributed by atoms with Crippen molar-refractivity contribution < 1.29 is 92.0 Å². The van der Waals surface area contributed by atoms with Crippen molar-refractivity contribution >= 4 is 135 Å². The van der Waals surface area contributed by atoms with E-state index in [2.05, 4.69) is 111 Å². The summed E-state index contributed by atoms with van der Waals surface area (Å²) in [5.41, 5.74) is 23.8. The van der Waals surface area contributed by atoms with E-state index in [1.165, 1.54) is 92.0 Å². The number of aryl methyl sites for hydroxylation is 2. The number of aliphatic hydroxyl groups excluding tert-OH is 1. The Balaban J connectivity index is 1.16. The number of nitrogens with zero attached hydrogens (tertiary/aromatic N) is 4. The molecule has 4 heterocycles. The summed E-state index contributed by atoms with van der Waals surface area (Å²) in [5, 5.41) is 105. The number of phenols is 2. The van der Waals surface area contributed by atoms with Crippen molar-refractivity contribution in [1.82, 2.24) is 120 Å². The second-order valence-corrected chi connectivity index (χ2v) is 38.2. The third-order valence-electron chi connectivity index (χ3n) is 24.8. The zero-order valence-electron chi connectivity index (χ0n) is 84.3. The molecule has 1 aliphatic heterocycles. The number of imidazole rings is 2. The molecule has 15 atom stereocenters. The molecule has 1 aliphatic rings. The van der Waals surface area contributed by atoms with Crippen molar-refractivity contribution in [3.05, 3.63) is 204 Å². The first kappa shape index (κ1) is 117. The summed E-state index contributed by atoms with van der Waals surface area (Å²) in [6, 6.07) is 12.8. The fourth-order valence-corrected chi connectivity index (χ4v) is 17.1. The van der Waals surface area contributed by atoms with E-state index in [1.807, 2.05) is 0 Å². The number of aromatic amines is 1. The van der Waals surface area contributed by atoms with E-state index in [0.717, 1.165) is 18.7 Å². The summed E-state index contributed by atoms with van der Waals surface area (Å²) in [6.45, 7) is 6.06. The number of phenolic OH excluding ortho intramolecular Hbond substituents is 2.